The third-order valence-electron chi connectivity index (χ3n) is 3.02. The Morgan fingerprint density at radius 1 is 1.29 bits per heavy atom. The predicted molar refractivity (Wildman–Crippen MR) is 85.5 cm³/mol. The smallest absolute Gasteiger partial charge is 0.143 e. The highest BCUT2D eigenvalue weighted by molar-refractivity contribution is 7.20. The number of benzene rings is 1. The van der Waals surface area contributed by atoms with Crippen molar-refractivity contribution in [2.45, 2.75) is 13.0 Å². The van der Waals surface area contributed by atoms with Crippen LogP contribution in [0.1, 0.15) is 18.5 Å². The van der Waals surface area contributed by atoms with Gasteiger partial charge in [-0.25, -0.2) is 0 Å². The Morgan fingerprint density at radius 3 is 2.76 bits per heavy atom. The number of aromatic nitrogens is 4. The van der Waals surface area contributed by atoms with E-state index in [1.165, 1.54) is 11.3 Å². The number of hydrogen-bond donors (Lipinski definition) is 1. The Labute approximate surface area is 135 Å². The summed E-state index contributed by atoms with van der Waals surface area (Å²) in [4.78, 5) is 0. The highest BCUT2D eigenvalue weighted by Gasteiger charge is 2.15. The van der Waals surface area contributed by atoms with E-state index in [4.69, 9.17) is 23.2 Å². The minimum Gasteiger partial charge on any atom is -0.377 e. The van der Waals surface area contributed by atoms with E-state index >= 15 is 0 Å². The van der Waals surface area contributed by atoms with Gasteiger partial charge < -0.3 is 5.32 Å². The van der Waals surface area contributed by atoms with Crippen LogP contribution in [-0.2, 0) is 0 Å². The Hall–Kier alpha value is -1.63. The Kier molecular flexibility index (Phi) is 4.10. The van der Waals surface area contributed by atoms with Gasteiger partial charge in [0.1, 0.15) is 6.33 Å². The van der Waals surface area contributed by atoms with Crippen LogP contribution in [0.3, 0.4) is 0 Å². The highest BCUT2D eigenvalue weighted by Crippen LogP contribution is 2.36. The van der Waals surface area contributed by atoms with E-state index in [0.29, 0.717) is 8.67 Å². The van der Waals surface area contributed by atoms with Crippen molar-refractivity contribution in [3.05, 3.63) is 50.9 Å². The molecule has 0 aliphatic rings. The maximum absolute atomic E-state index is 6.20. The largest absolute Gasteiger partial charge is 0.377 e. The maximum Gasteiger partial charge on any atom is 0.143 e. The van der Waals surface area contributed by atoms with E-state index in [1.54, 1.807) is 11.0 Å². The molecule has 0 aliphatic carbocycles. The Bertz CT molecular complexity index is 741. The van der Waals surface area contributed by atoms with Gasteiger partial charge in [-0.1, -0.05) is 35.3 Å². The summed E-state index contributed by atoms with van der Waals surface area (Å²) in [6.07, 6.45) is 1.56. The van der Waals surface area contributed by atoms with Gasteiger partial charge in [0.15, 0.2) is 0 Å². The second-order valence-corrected chi connectivity index (χ2v) is 6.70. The van der Waals surface area contributed by atoms with E-state index in [-0.39, 0.29) is 6.04 Å². The minimum atomic E-state index is 0.0129. The number of nitrogens with zero attached hydrogens (tertiary/aromatic N) is 4. The van der Waals surface area contributed by atoms with Gasteiger partial charge in [0, 0.05) is 5.56 Å². The molecule has 3 aromatic rings. The van der Waals surface area contributed by atoms with E-state index in [1.807, 2.05) is 37.3 Å². The summed E-state index contributed by atoms with van der Waals surface area (Å²) in [7, 11) is 0. The molecule has 2 aromatic heterocycles. The second-order valence-electron chi connectivity index (χ2n) is 4.42. The monoisotopic (exact) mass is 339 g/mol. The van der Waals surface area contributed by atoms with E-state index < -0.39 is 0 Å². The van der Waals surface area contributed by atoms with Gasteiger partial charge in [0.05, 0.1) is 26.1 Å². The van der Waals surface area contributed by atoms with Gasteiger partial charge >= 0.3 is 0 Å². The third-order valence-corrected chi connectivity index (χ3v) is 4.54. The lowest BCUT2D eigenvalue weighted by atomic mass is 10.1. The van der Waals surface area contributed by atoms with Gasteiger partial charge in [-0.2, -0.15) is 4.68 Å². The molecule has 5 nitrogen and oxygen atoms in total. The lowest BCUT2D eigenvalue weighted by Crippen LogP contribution is -2.09. The van der Waals surface area contributed by atoms with Crippen molar-refractivity contribution >= 4 is 40.2 Å². The average Bonchev–Trinajstić information content (AvgIpc) is 3.09. The zero-order valence-corrected chi connectivity index (χ0v) is 13.3. The zero-order chi connectivity index (χ0) is 14.8. The van der Waals surface area contributed by atoms with E-state index in [2.05, 4.69) is 20.8 Å². The molecule has 0 spiro atoms. The van der Waals surface area contributed by atoms with Gasteiger partial charge in [-0.15, -0.1) is 16.4 Å². The Balaban J connectivity index is 1.90. The first-order valence-electron chi connectivity index (χ1n) is 6.19. The van der Waals surface area contributed by atoms with Crippen LogP contribution in [0.5, 0.6) is 0 Å². The summed E-state index contributed by atoms with van der Waals surface area (Å²) in [5, 5.41) is 14.7. The van der Waals surface area contributed by atoms with Gasteiger partial charge in [-0.3, -0.25) is 0 Å². The molecule has 21 heavy (non-hydrogen) atoms. The van der Waals surface area contributed by atoms with Gasteiger partial charge in [0.25, 0.3) is 0 Å². The number of halogens is 2. The van der Waals surface area contributed by atoms with Crippen molar-refractivity contribution in [1.29, 1.82) is 0 Å². The second kappa shape index (κ2) is 6.01. The van der Waals surface area contributed by atoms with Crippen LogP contribution in [0.2, 0.25) is 8.67 Å². The molecule has 3 rings (SSSR count). The van der Waals surface area contributed by atoms with Crippen molar-refractivity contribution in [2.75, 3.05) is 5.32 Å². The Morgan fingerprint density at radius 2 is 2.10 bits per heavy atom. The summed E-state index contributed by atoms with van der Waals surface area (Å²) < 4.78 is 2.98. The average molecular weight is 340 g/mol. The number of para-hydroxylation sites is 2. The maximum atomic E-state index is 6.20. The highest BCUT2D eigenvalue weighted by atomic mass is 35.5. The van der Waals surface area contributed by atoms with Crippen LogP contribution in [0.25, 0.3) is 5.69 Å². The fourth-order valence-corrected chi connectivity index (χ4v) is 3.67. The molecule has 1 aromatic carbocycles. The topological polar surface area (TPSA) is 55.6 Å². The quantitative estimate of drug-likeness (QED) is 0.773. The molecule has 1 unspecified atom stereocenters. The van der Waals surface area contributed by atoms with Crippen LogP contribution >= 0.6 is 34.5 Å². The number of rotatable bonds is 4. The molecule has 0 radical (unpaired) electrons. The summed E-state index contributed by atoms with van der Waals surface area (Å²) in [5.74, 6) is 0. The molecule has 1 atom stereocenters. The number of hydrogen-bond acceptors (Lipinski definition) is 5. The van der Waals surface area contributed by atoms with Gasteiger partial charge in [-0.05, 0) is 35.5 Å². The molecule has 8 heteroatoms. The van der Waals surface area contributed by atoms with Gasteiger partial charge in [0.2, 0.25) is 0 Å². The van der Waals surface area contributed by atoms with Crippen LogP contribution in [-0.4, -0.2) is 20.2 Å². The fourth-order valence-electron chi connectivity index (χ4n) is 2.03. The lowest BCUT2D eigenvalue weighted by molar-refractivity contribution is 0.785. The first-order chi connectivity index (χ1) is 10.1. The number of tetrazole rings is 1. The third kappa shape index (κ3) is 3.02. The molecule has 108 valence electrons. The minimum absolute atomic E-state index is 0.0129. The van der Waals surface area contributed by atoms with Crippen molar-refractivity contribution in [2.24, 2.45) is 0 Å². The summed E-state index contributed by atoms with van der Waals surface area (Å²) in [5.41, 5.74) is 2.75. The zero-order valence-electron chi connectivity index (χ0n) is 11.0. The molecule has 0 bridgehead atoms. The summed E-state index contributed by atoms with van der Waals surface area (Å²) in [6, 6.07) is 9.68. The SMILES string of the molecule is CC(Nc1ccccc1-n1cnnn1)c1cc(Cl)sc1Cl. The van der Waals surface area contributed by atoms with Crippen molar-refractivity contribution in [3.8, 4) is 5.69 Å². The van der Waals surface area contributed by atoms with Crippen LogP contribution in [0, 0.1) is 0 Å². The van der Waals surface area contributed by atoms with Crippen molar-refractivity contribution in [1.82, 2.24) is 20.2 Å². The molecule has 0 amide bonds. The summed E-state index contributed by atoms with van der Waals surface area (Å²) in [6.45, 7) is 2.03. The summed E-state index contributed by atoms with van der Waals surface area (Å²) >= 11 is 13.6. The van der Waals surface area contributed by atoms with Crippen LogP contribution in [0.15, 0.2) is 36.7 Å². The lowest BCUT2D eigenvalue weighted by Gasteiger charge is -2.17. The molecule has 1 N–H and O–H groups in total. The molecule has 0 saturated carbocycles. The van der Waals surface area contributed by atoms with E-state index in [9.17, 15) is 0 Å². The number of thiophene rings is 1. The molecule has 2 heterocycles. The fraction of sp³-hybridized carbons (Fsp3) is 0.154. The van der Waals surface area contributed by atoms with Crippen molar-refractivity contribution < 1.29 is 0 Å². The van der Waals surface area contributed by atoms with E-state index in [0.717, 1.165) is 16.9 Å². The predicted octanol–water partition coefficient (Wildman–Crippen LogP) is 4.20. The van der Waals surface area contributed by atoms with Crippen molar-refractivity contribution in [3.63, 3.8) is 0 Å². The molecular formula is C13H11Cl2N5S. The van der Waals surface area contributed by atoms with Crippen LogP contribution in [0.4, 0.5) is 5.69 Å². The first-order valence-corrected chi connectivity index (χ1v) is 7.76. The molecule has 0 fully saturated rings. The number of nitrogens with one attached hydrogen (secondary N) is 1. The molecule has 0 aliphatic heterocycles. The molecule has 0 saturated heterocycles. The first kappa shape index (κ1) is 14.3. The molecular weight excluding hydrogens is 329 g/mol. The van der Waals surface area contributed by atoms with Crippen LogP contribution < -0.4 is 5.32 Å². The number of anilines is 1. The standard InChI is InChI=1S/C13H11Cl2N5S/c1-8(9-6-12(14)21-13(9)15)17-10-4-2-3-5-11(10)20-7-16-18-19-20/h2-8,17H,1H3. The normalized spacial score (nSPS) is 12.3.